The Morgan fingerprint density at radius 3 is 2.48 bits per heavy atom. The molecule has 1 N–H and O–H groups in total. The molecule has 2 aliphatic heterocycles. The first-order chi connectivity index (χ1) is 14.1. The smallest absolute Gasteiger partial charge is 0.317 e. The second kappa shape index (κ2) is 9.76. The summed E-state index contributed by atoms with van der Waals surface area (Å²) in [4.78, 5) is 19.1. The Bertz CT molecular complexity index is 700. The molecule has 3 fully saturated rings. The van der Waals surface area contributed by atoms with Gasteiger partial charge in [0.1, 0.15) is 0 Å². The summed E-state index contributed by atoms with van der Waals surface area (Å²) in [7, 11) is 0. The van der Waals surface area contributed by atoms with Crippen molar-refractivity contribution < 1.29 is 4.79 Å². The predicted molar refractivity (Wildman–Crippen MR) is 120 cm³/mol. The maximum Gasteiger partial charge on any atom is 0.317 e. The molecule has 0 radical (unpaired) electrons. The molecular weight excluding hydrogens is 407 g/mol. The molecule has 3 aliphatic rings. The molecule has 5 nitrogen and oxygen atoms in total. The van der Waals surface area contributed by atoms with Gasteiger partial charge in [0, 0.05) is 45.3 Å². The van der Waals surface area contributed by atoms with Gasteiger partial charge in [-0.15, -0.1) is 0 Å². The number of carbonyl (C=O) groups excluding carboxylic acids is 1. The topological polar surface area (TPSA) is 38.8 Å². The average Bonchev–Trinajstić information content (AvgIpc) is 2.75. The van der Waals surface area contributed by atoms with Crippen LogP contribution in [-0.4, -0.2) is 67.7 Å². The summed E-state index contributed by atoms with van der Waals surface area (Å²) in [6, 6.07) is 6.48. The van der Waals surface area contributed by atoms with E-state index in [2.05, 4.69) is 26.1 Å². The number of hydrogen-bond donors (Lipinski definition) is 1. The molecule has 1 saturated carbocycles. The van der Waals surface area contributed by atoms with Gasteiger partial charge in [0.05, 0.1) is 15.7 Å². The van der Waals surface area contributed by atoms with E-state index in [1.54, 1.807) is 0 Å². The van der Waals surface area contributed by atoms with Gasteiger partial charge in [0.15, 0.2) is 0 Å². The summed E-state index contributed by atoms with van der Waals surface area (Å²) in [5.41, 5.74) is 1.05. The number of carbonyl (C=O) groups is 1. The van der Waals surface area contributed by atoms with Crippen molar-refractivity contribution in [2.45, 2.75) is 44.6 Å². The number of nitrogens with one attached hydrogen (secondary N) is 1. The minimum Gasteiger partial charge on any atom is -0.368 e. The molecule has 0 unspecified atom stereocenters. The highest BCUT2D eigenvalue weighted by Crippen LogP contribution is 2.33. The molecule has 0 atom stereocenters. The van der Waals surface area contributed by atoms with Gasteiger partial charge in [0.2, 0.25) is 0 Å². The third-order valence-electron chi connectivity index (χ3n) is 6.87. The molecule has 0 bridgehead atoms. The first kappa shape index (κ1) is 21.1. The first-order valence-electron chi connectivity index (χ1n) is 11.1. The minimum atomic E-state index is 0.150. The fourth-order valence-corrected chi connectivity index (χ4v) is 5.47. The van der Waals surface area contributed by atoms with Crippen molar-refractivity contribution in [3.8, 4) is 0 Å². The molecular formula is C22H32Cl2N4O. The number of nitrogens with zero attached hydrogens (tertiary/aromatic N) is 3. The van der Waals surface area contributed by atoms with E-state index in [-0.39, 0.29) is 6.03 Å². The monoisotopic (exact) mass is 438 g/mol. The predicted octanol–water partition coefficient (Wildman–Crippen LogP) is 4.48. The molecule has 4 rings (SSSR count). The Labute approximate surface area is 184 Å². The molecule has 160 valence electrons. The lowest BCUT2D eigenvalue weighted by Gasteiger charge is -2.40. The number of halogens is 2. The Balaban J connectivity index is 1.18. The zero-order chi connectivity index (χ0) is 20.2. The Kier molecular flexibility index (Phi) is 7.09. The summed E-state index contributed by atoms with van der Waals surface area (Å²) in [5.74, 6) is 0.805. The highest BCUT2D eigenvalue weighted by molar-refractivity contribution is 6.43. The summed E-state index contributed by atoms with van der Waals surface area (Å²) in [6.45, 7) is 7.09. The molecule has 29 heavy (non-hydrogen) atoms. The van der Waals surface area contributed by atoms with E-state index in [1.807, 2.05) is 12.1 Å². The van der Waals surface area contributed by atoms with Gasteiger partial charge in [0.25, 0.3) is 0 Å². The molecule has 1 aromatic carbocycles. The van der Waals surface area contributed by atoms with E-state index in [0.29, 0.717) is 16.1 Å². The van der Waals surface area contributed by atoms with Crippen LogP contribution in [0.5, 0.6) is 0 Å². The largest absolute Gasteiger partial charge is 0.368 e. The van der Waals surface area contributed by atoms with Gasteiger partial charge < -0.3 is 15.1 Å². The zero-order valence-electron chi connectivity index (χ0n) is 17.1. The van der Waals surface area contributed by atoms with Crippen LogP contribution in [0.2, 0.25) is 10.0 Å². The van der Waals surface area contributed by atoms with Crippen LogP contribution in [0.25, 0.3) is 0 Å². The van der Waals surface area contributed by atoms with E-state index >= 15 is 0 Å². The fraction of sp³-hybridized carbons (Fsp3) is 0.682. The lowest BCUT2D eigenvalue weighted by molar-refractivity contribution is 0.126. The second-order valence-electron chi connectivity index (χ2n) is 8.64. The third kappa shape index (κ3) is 5.12. The van der Waals surface area contributed by atoms with E-state index in [9.17, 15) is 4.79 Å². The molecule has 2 heterocycles. The molecule has 7 heteroatoms. The van der Waals surface area contributed by atoms with Crippen LogP contribution in [0, 0.1) is 5.92 Å². The van der Waals surface area contributed by atoms with Crippen molar-refractivity contribution in [2.75, 3.05) is 50.7 Å². The number of amides is 2. The summed E-state index contributed by atoms with van der Waals surface area (Å²) < 4.78 is 0. The second-order valence-corrected chi connectivity index (χ2v) is 9.43. The normalized spacial score (nSPS) is 26.5. The highest BCUT2D eigenvalue weighted by atomic mass is 35.5. The van der Waals surface area contributed by atoms with Gasteiger partial charge in [-0.25, -0.2) is 4.79 Å². The van der Waals surface area contributed by atoms with Crippen LogP contribution < -0.4 is 10.2 Å². The zero-order valence-corrected chi connectivity index (χ0v) is 18.6. The van der Waals surface area contributed by atoms with E-state index in [0.717, 1.165) is 57.3 Å². The van der Waals surface area contributed by atoms with Crippen molar-refractivity contribution in [3.63, 3.8) is 0 Å². The number of benzene rings is 1. The molecule has 2 saturated heterocycles. The van der Waals surface area contributed by atoms with E-state index in [1.165, 1.54) is 38.6 Å². The minimum absolute atomic E-state index is 0.150. The number of urea groups is 1. The standard InChI is InChI=1S/C22H32Cl2N4O/c23-19-3-1-4-20(21(19)24)27-15-13-26(14-16-27)12-9-17-5-7-18(8-6-17)28-11-2-10-25-22(28)29/h1,3-4,17-18H,2,5-16H2,(H,25,29). The van der Waals surface area contributed by atoms with Crippen LogP contribution in [0.3, 0.4) is 0 Å². The van der Waals surface area contributed by atoms with Crippen molar-refractivity contribution in [2.24, 2.45) is 5.92 Å². The van der Waals surface area contributed by atoms with Crippen molar-refractivity contribution in [1.82, 2.24) is 15.1 Å². The maximum atomic E-state index is 12.1. The summed E-state index contributed by atoms with van der Waals surface area (Å²) in [6.07, 6.45) is 7.20. The Morgan fingerprint density at radius 1 is 1.00 bits per heavy atom. The van der Waals surface area contributed by atoms with Crippen LogP contribution in [0.1, 0.15) is 38.5 Å². The number of piperazine rings is 1. The van der Waals surface area contributed by atoms with Crippen LogP contribution in [0.15, 0.2) is 18.2 Å². The van der Waals surface area contributed by atoms with Gasteiger partial charge in [-0.1, -0.05) is 29.3 Å². The first-order valence-corrected chi connectivity index (χ1v) is 11.8. The van der Waals surface area contributed by atoms with Gasteiger partial charge in [-0.3, -0.25) is 4.90 Å². The maximum absolute atomic E-state index is 12.1. The summed E-state index contributed by atoms with van der Waals surface area (Å²) >= 11 is 12.6. The molecule has 1 aliphatic carbocycles. The lowest BCUT2D eigenvalue weighted by atomic mass is 9.83. The summed E-state index contributed by atoms with van der Waals surface area (Å²) in [5, 5.41) is 4.29. The molecule has 0 spiro atoms. The lowest BCUT2D eigenvalue weighted by Crippen LogP contribution is -2.52. The fourth-order valence-electron chi connectivity index (χ4n) is 5.06. The van der Waals surface area contributed by atoms with E-state index in [4.69, 9.17) is 23.2 Å². The number of rotatable bonds is 5. The highest BCUT2D eigenvalue weighted by Gasteiger charge is 2.30. The quantitative estimate of drug-likeness (QED) is 0.736. The molecule has 2 amide bonds. The molecule has 1 aromatic rings. The van der Waals surface area contributed by atoms with Gasteiger partial charge >= 0.3 is 6.03 Å². The number of hydrogen-bond acceptors (Lipinski definition) is 3. The SMILES string of the molecule is O=C1NCCCN1C1CCC(CCN2CCN(c3cccc(Cl)c3Cl)CC2)CC1. The number of anilines is 1. The Hall–Kier alpha value is -1.17. The molecule has 0 aromatic heterocycles. The van der Waals surface area contributed by atoms with E-state index < -0.39 is 0 Å². The average molecular weight is 439 g/mol. The van der Waals surface area contributed by atoms with Crippen LogP contribution >= 0.6 is 23.2 Å². The third-order valence-corrected chi connectivity index (χ3v) is 7.68. The van der Waals surface area contributed by atoms with Crippen molar-refractivity contribution in [3.05, 3.63) is 28.2 Å². The Morgan fingerprint density at radius 2 is 1.76 bits per heavy atom. The van der Waals surface area contributed by atoms with Crippen molar-refractivity contribution in [1.29, 1.82) is 0 Å². The van der Waals surface area contributed by atoms with Gasteiger partial charge in [-0.2, -0.15) is 0 Å². The van der Waals surface area contributed by atoms with Gasteiger partial charge in [-0.05, 0) is 63.1 Å². The van der Waals surface area contributed by atoms with Crippen LogP contribution in [-0.2, 0) is 0 Å². The van der Waals surface area contributed by atoms with Crippen LogP contribution in [0.4, 0.5) is 10.5 Å². The van der Waals surface area contributed by atoms with Crippen molar-refractivity contribution >= 4 is 34.9 Å².